The molecule has 2 aromatic carbocycles. The second kappa shape index (κ2) is 8.75. The van der Waals surface area contributed by atoms with Gasteiger partial charge in [-0.2, -0.15) is 8.78 Å². The fraction of sp³-hybridized carbons (Fsp3) is 0.158. The molecule has 0 heterocycles. The Kier molecular flexibility index (Phi) is 6.43. The van der Waals surface area contributed by atoms with Gasteiger partial charge in [0.25, 0.3) is 0 Å². The molecule has 0 saturated heterocycles. The predicted octanol–water partition coefficient (Wildman–Crippen LogP) is 4.12. The number of Topliss-reactive ketones (excluding diaryl/α,β-unsaturated/α-hetero) is 1. The minimum Gasteiger partial charge on any atom is -0.493 e. The van der Waals surface area contributed by atoms with Crippen LogP contribution in [0.5, 0.6) is 17.2 Å². The molecule has 0 spiro atoms. The molecule has 0 fully saturated rings. The Morgan fingerprint density at radius 1 is 1.04 bits per heavy atom. The van der Waals surface area contributed by atoms with Crippen LogP contribution in [-0.4, -0.2) is 25.5 Å². The van der Waals surface area contributed by atoms with Gasteiger partial charge in [-0.25, -0.2) is 4.79 Å². The quantitative estimate of drug-likeness (QED) is 0.321. The largest absolute Gasteiger partial charge is 0.493 e. The van der Waals surface area contributed by atoms with Gasteiger partial charge >= 0.3 is 12.6 Å². The number of alkyl halides is 2. The third-order valence-electron chi connectivity index (χ3n) is 3.29. The Labute approximate surface area is 148 Å². The van der Waals surface area contributed by atoms with E-state index in [0.29, 0.717) is 16.9 Å². The van der Waals surface area contributed by atoms with Crippen molar-refractivity contribution in [2.45, 2.75) is 13.5 Å². The van der Waals surface area contributed by atoms with Crippen molar-refractivity contribution in [2.75, 3.05) is 7.11 Å². The normalized spacial score (nSPS) is 10.8. The molecule has 2 aromatic rings. The summed E-state index contributed by atoms with van der Waals surface area (Å²) in [4.78, 5) is 23.0. The smallest absolute Gasteiger partial charge is 0.387 e. The number of carbonyl (C=O) groups is 2. The maximum absolute atomic E-state index is 12.3. The van der Waals surface area contributed by atoms with E-state index in [2.05, 4.69) is 4.74 Å². The van der Waals surface area contributed by atoms with Crippen LogP contribution in [-0.2, 0) is 4.79 Å². The van der Waals surface area contributed by atoms with E-state index >= 15 is 0 Å². The Morgan fingerprint density at radius 2 is 1.73 bits per heavy atom. The average molecular weight is 362 g/mol. The number of halogens is 2. The molecule has 26 heavy (non-hydrogen) atoms. The molecule has 0 saturated carbocycles. The van der Waals surface area contributed by atoms with E-state index in [1.165, 1.54) is 56.5 Å². The summed E-state index contributed by atoms with van der Waals surface area (Å²) < 4.78 is 39.0. The SMILES string of the molecule is COc1cc(C=CC(=O)Oc2ccc(C(C)=O)cc2)ccc1OC(F)F. The van der Waals surface area contributed by atoms with Crippen LogP contribution in [0.25, 0.3) is 6.08 Å². The average Bonchev–Trinajstić information content (AvgIpc) is 2.60. The van der Waals surface area contributed by atoms with E-state index in [0.717, 1.165) is 0 Å². The number of rotatable bonds is 7. The molecule has 0 N–H and O–H groups in total. The number of hydrogen-bond donors (Lipinski definition) is 0. The topological polar surface area (TPSA) is 61.8 Å². The molecule has 0 aliphatic rings. The lowest BCUT2D eigenvalue weighted by atomic mass is 10.1. The summed E-state index contributed by atoms with van der Waals surface area (Å²) in [5, 5.41) is 0. The molecule has 0 aliphatic carbocycles. The zero-order valence-electron chi connectivity index (χ0n) is 14.1. The van der Waals surface area contributed by atoms with Crippen LogP contribution in [0.2, 0.25) is 0 Å². The summed E-state index contributed by atoms with van der Waals surface area (Å²) in [5.74, 6) is -0.417. The second-order valence-corrected chi connectivity index (χ2v) is 5.12. The molecular formula is C19H16F2O5. The number of ether oxygens (including phenoxy) is 3. The lowest BCUT2D eigenvalue weighted by Gasteiger charge is -2.10. The van der Waals surface area contributed by atoms with Crippen molar-refractivity contribution < 1.29 is 32.6 Å². The standard InChI is InChI=1S/C19H16F2O5/c1-12(22)14-5-7-15(8-6-14)25-18(23)10-4-13-3-9-16(26-19(20)21)17(11-13)24-2/h3-11,19H,1-2H3. The summed E-state index contributed by atoms with van der Waals surface area (Å²) in [6.45, 7) is -1.52. The number of esters is 1. The van der Waals surface area contributed by atoms with Crippen LogP contribution in [0.4, 0.5) is 8.78 Å². The van der Waals surface area contributed by atoms with Gasteiger partial charge in [-0.05, 0) is 55.0 Å². The number of hydrogen-bond acceptors (Lipinski definition) is 5. The first-order chi connectivity index (χ1) is 12.4. The van der Waals surface area contributed by atoms with Crippen molar-refractivity contribution in [1.82, 2.24) is 0 Å². The minimum atomic E-state index is -2.96. The first-order valence-electron chi connectivity index (χ1n) is 7.53. The van der Waals surface area contributed by atoms with Crippen molar-refractivity contribution >= 4 is 17.8 Å². The van der Waals surface area contributed by atoms with Crippen LogP contribution in [0.1, 0.15) is 22.8 Å². The number of methoxy groups -OCH3 is 1. The van der Waals surface area contributed by atoms with Gasteiger partial charge < -0.3 is 14.2 Å². The maximum Gasteiger partial charge on any atom is 0.387 e. The van der Waals surface area contributed by atoms with Gasteiger partial charge in [-0.15, -0.1) is 0 Å². The monoisotopic (exact) mass is 362 g/mol. The molecule has 0 radical (unpaired) electrons. The lowest BCUT2D eigenvalue weighted by molar-refractivity contribution is -0.128. The van der Waals surface area contributed by atoms with Crippen molar-refractivity contribution in [2.24, 2.45) is 0 Å². The molecule has 0 amide bonds. The Morgan fingerprint density at radius 3 is 2.31 bits per heavy atom. The van der Waals surface area contributed by atoms with Crippen molar-refractivity contribution in [3.63, 3.8) is 0 Å². The van der Waals surface area contributed by atoms with E-state index in [1.54, 1.807) is 12.1 Å². The van der Waals surface area contributed by atoms with Crippen molar-refractivity contribution in [3.05, 3.63) is 59.7 Å². The van der Waals surface area contributed by atoms with Crippen LogP contribution in [0, 0.1) is 0 Å². The Balaban J connectivity index is 2.04. The van der Waals surface area contributed by atoms with Gasteiger partial charge in [0.05, 0.1) is 7.11 Å². The third-order valence-corrected chi connectivity index (χ3v) is 3.29. The Hall–Kier alpha value is -3.22. The zero-order chi connectivity index (χ0) is 19.1. The molecule has 136 valence electrons. The predicted molar refractivity (Wildman–Crippen MR) is 90.7 cm³/mol. The molecular weight excluding hydrogens is 346 g/mol. The van der Waals surface area contributed by atoms with E-state index in [9.17, 15) is 18.4 Å². The highest BCUT2D eigenvalue weighted by molar-refractivity contribution is 5.94. The van der Waals surface area contributed by atoms with Crippen molar-refractivity contribution in [3.8, 4) is 17.2 Å². The molecule has 5 nitrogen and oxygen atoms in total. The van der Waals surface area contributed by atoms with Crippen LogP contribution in [0.3, 0.4) is 0 Å². The van der Waals surface area contributed by atoms with E-state index in [-0.39, 0.29) is 17.3 Å². The van der Waals surface area contributed by atoms with Crippen molar-refractivity contribution in [1.29, 1.82) is 0 Å². The summed E-state index contributed by atoms with van der Waals surface area (Å²) in [7, 11) is 1.32. The fourth-order valence-corrected chi connectivity index (χ4v) is 2.05. The van der Waals surface area contributed by atoms with Gasteiger partial charge in [0.1, 0.15) is 5.75 Å². The van der Waals surface area contributed by atoms with E-state index in [1.807, 2.05) is 0 Å². The van der Waals surface area contributed by atoms with Crippen LogP contribution < -0.4 is 14.2 Å². The number of benzene rings is 2. The highest BCUT2D eigenvalue weighted by Gasteiger charge is 2.10. The number of carbonyl (C=O) groups excluding carboxylic acids is 2. The zero-order valence-corrected chi connectivity index (χ0v) is 14.1. The molecule has 0 aliphatic heterocycles. The minimum absolute atomic E-state index is 0.0870. The highest BCUT2D eigenvalue weighted by Crippen LogP contribution is 2.29. The Bertz CT molecular complexity index is 813. The molecule has 2 rings (SSSR count). The van der Waals surface area contributed by atoms with Gasteiger partial charge in [0, 0.05) is 11.6 Å². The molecule has 0 atom stereocenters. The fourth-order valence-electron chi connectivity index (χ4n) is 2.05. The highest BCUT2D eigenvalue weighted by atomic mass is 19.3. The van der Waals surface area contributed by atoms with Crippen LogP contribution >= 0.6 is 0 Å². The van der Waals surface area contributed by atoms with E-state index in [4.69, 9.17) is 9.47 Å². The third kappa shape index (κ3) is 5.41. The molecule has 0 aromatic heterocycles. The second-order valence-electron chi connectivity index (χ2n) is 5.12. The first kappa shape index (κ1) is 19.1. The van der Waals surface area contributed by atoms with Gasteiger partial charge in [-0.1, -0.05) is 6.07 Å². The molecule has 7 heteroatoms. The molecule has 0 unspecified atom stereocenters. The van der Waals surface area contributed by atoms with Gasteiger partial charge in [0.2, 0.25) is 0 Å². The summed E-state index contributed by atoms with van der Waals surface area (Å²) in [5.41, 5.74) is 1.05. The van der Waals surface area contributed by atoms with Gasteiger partial charge in [-0.3, -0.25) is 4.79 Å². The van der Waals surface area contributed by atoms with Crippen LogP contribution in [0.15, 0.2) is 48.5 Å². The summed E-state index contributed by atoms with van der Waals surface area (Å²) in [6.07, 6.45) is 2.63. The van der Waals surface area contributed by atoms with Gasteiger partial charge in [0.15, 0.2) is 17.3 Å². The van der Waals surface area contributed by atoms with E-state index < -0.39 is 12.6 Å². The molecule has 0 bridgehead atoms. The maximum atomic E-state index is 12.3. The first-order valence-corrected chi connectivity index (χ1v) is 7.53. The lowest BCUT2D eigenvalue weighted by Crippen LogP contribution is -2.04. The summed E-state index contributed by atoms with van der Waals surface area (Å²) >= 11 is 0. The summed E-state index contributed by atoms with van der Waals surface area (Å²) in [6, 6.07) is 10.4. The number of ketones is 1.